The van der Waals surface area contributed by atoms with Crippen molar-refractivity contribution in [2.24, 2.45) is 0 Å². The Kier molecular flexibility index (Phi) is 4.46. The number of ether oxygens (including phenoxy) is 1. The van der Waals surface area contributed by atoms with E-state index >= 15 is 0 Å². The van der Waals surface area contributed by atoms with Crippen LogP contribution in [0.15, 0.2) is 17.5 Å². The van der Waals surface area contributed by atoms with Crippen LogP contribution in [0.2, 0.25) is 0 Å². The lowest BCUT2D eigenvalue weighted by Gasteiger charge is -2.06. The summed E-state index contributed by atoms with van der Waals surface area (Å²) in [5, 5.41) is 13.1. The highest BCUT2D eigenvalue weighted by Gasteiger charge is 2.19. The molecule has 1 heterocycles. The van der Waals surface area contributed by atoms with Gasteiger partial charge in [-0.3, -0.25) is 10.1 Å². The van der Waals surface area contributed by atoms with E-state index in [-0.39, 0.29) is 18.3 Å². The lowest BCUT2D eigenvalue weighted by molar-refractivity contribution is -0.387. The molecule has 0 radical (unpaired) electrons. The van der Waals surface area contributed by atoms with Gasteiger partial charge in [0, 0.05) is 11.4 Å². The molecule has 8 heteroatoms. The molecule has 0 N–H and O–H groups in total. The van der Waals surface area contributed by atoms with E-state index in [2.05, 4.69) is 4.98 Å². The Hall–Kier alpha value is -2.09. The second kappa shape index (κ2) is 6.13. The number of thiazole rings is 1. The van der Waals surface area contributed by atoms with E-state index in [1.54, 1.807) is 0 Å². The Labute approximate surface area is 123 Å². The zero-order chi connectivity index (χ0) is 15.6. The number of hydrogen-bond acceptors (Lipinski definition) is 5. The van der Waals surface area contributed by atoms with Crippen molar-refractivity contribution in [1.29, 1.82) is 0 Å². The topological polar surface area (TPSA) is 65.3 Å². The van der Waals surface area contributed by atoms with E-state index in [0.717, 1.165) is 11.8 Å². The summed E-state index contributed by atoms with van der Waals surface area (Å²) in [6.07, 6.45) is 0. The maximum atomic E-state index is 13.5. The SMILES string of the molecule is CC(C)c1csc(COc2cc([N+](=O)[O-])c(F)cc2F)n1. The number of hydrogen-bond donors (Lipinski definition) is 0. The molecular formula is C13H12F2N2O3S. The minimum absolute atomic E-state index is 0.0307. The summed E-state index contributed by atoms with van der Waals surface area (Å²) in [4.78, 5) is 14.0. The van der Waals surface area contributed by atoms with E-state index in [0.29, 0.717) is 11.1 Å². The molecule has 21 heavy (non-hydrogen) atoms. The normalized spacial score (nSPS) is 10.9. The van der Waals surface area contributed by atoms with Crippen LogP contribution in [0.4, 0.5) is 14.5 Å². The minimum atomic E-state index is -1.24. The molecule has 0 spiro atoms. The lowest BCUT2D eigenvalue weighted by atomic mass is 10.2. The standard InChI is InChI=1S/C13H12F2N2O3S/c1-7(2)10-6-21-13(16-10)5-20-12-4-11(17(18)19)8(14)3-9(12)15/h3-4,6-7H,5H2,1-2H3. The number of nitro groups is 1. The molecule has 0 fully saturated rings. The summed E-state index contributed by atoms with van der Waals surface area (Å²) in [5.74, 6) is -2.33. The molecule has 0 atom stereocenters. The van der Waals surface area contributed by atoms with Crippen LogP contribution in [-0.4, -0.2) is 9.91 Å². The van der Waals surface area contributed by atoms with Gasteiger partial charge < -0.3 is 4.74 Å². The van der Waals surface area contributed by atoms with Gasteiger partial charge in [0.15, 0.2) is 11.6 Å². The molecule has 2 rings (SSSR count). The number of nitrogens with zero attached hydrogens (tertiary/aromatic N) is 2. The Bertz CT molecular complexity index is 673. The maximum absolute atomic E-state index is 13.5. The van der Waals surface area contributed by atoms with E-state index in [4.69, 9.17) is 4.74 Å². The molecule has 0 saturated heterocycles. The van der Waals surface area contributed by atoms with Gasteiger partial charge in [0.05, 0.1) is 16.7 Å². The van der Waals surface area contributed by atoms with Crippen molar-refractivity contribution in [3.8, 4) is 5.75 Å². The Balaban J connectivity index is 2.15. The van der Waals surface area contributed by atoms with Crippen molar-refractivity contribution in [3.63, 3.8) is 0 Å². The molecule has 1 aromatic carbocycles. The average Bonchev–Trinajstić information content (AvgIpc) is 2.86. The highest BCUT2D eigenvalue weighted by molar-refractivity contribution is 7.09. The first-order valence-corrected chi connectivity index (χ1v) is 6.97. The molecule has 0 aliphatic rings. The smallest absolute Gasteiger partial charge is 0.308 e. The Morgan fingerprint density at radius 3 is 2.67 bits per heavy atom. The quantitative estimate of drug-likeness (QED) is 0.617. The predicted molar refractivity (Wildman–Crippen MR) is 73.5 cm³/mol. The third-order valence-corrected chi connectivity index (χ3v) is 3.55. The molecule has 0 amide bonds. The van der Waals surface area contributed by atoms with Crippen molar-refractivity contribution in [2.45, 2.75) is 26.4 Å². The molecule has 0 unspecified atom stereocenters. The first-order chi connectivity index (χ1) is 9.88. The first kappa shape index (κ1) is 15.3. The molecule has 1 aromatic heterocycles. The molecule has 0 saturated carbocycles. The minimum Gasteiger partial charge on any atom is -0.483 e. The molecule has 5 nitrogen and oxygen atoms in total. The fraction of sp³-hybridized carbons (Fsp3) is 0.308. The molecule has 2 aromatic rings. The molecule has 0 aliphatic heterocycles. The van der Waals surface area contributed by atoms with Crippen molar-refractivity contribution in [3.05, 3.63) is 50.0 Å². The van der Waals surface area contributed by atoms with Crippen LogP contribution in [0, 0.1) is 21.7 Å². The van der Waals surface area contributed by atoms with E-state index in [9.17, 15) is 18.9 Å². The van der Waals surface area contributed by atoms with Crippen LogP contribution < -0.4 is 4.74 Å². The van der Waals surface area contributed by atoms with Gasteiger partial charge in [-0.1, -0.05) is 13.8 Å². The van der Waals surface area contributed by atoms with E-state index in [1.165, 1.54) is 11.3 Å². The number of halogens is 2. The first-order valence-electron chi connectivity index (χ1n) is 6.09. The number of aromatic nitrogens is 1. The molecule has 0 bridgehead atoms. The fourth-order valence-electron chi connectivity index (χ4n) is 1.56. The van der Waals surface area contributed by atoms with Crippen LogP contribution in [0.3, 0.4) is 0 Å². The van der Waals surface area contributed by atoms with E-state index < -0.39 is 22.2 Å². The average molecular weight is 314 g/mol. The van der Waals surface area contributed by atoms with Crippen LogP contribution >= 0.6 is 11.3 Å². The van der Waals surface area contributed by atoms with Gasteiger partial charge in [0.2, 0.25) is 5.82 Å². The van der Waals surface area contributed by atoms with Crippen molar-refractivity contribution in [1.82, 2.24) is 4.98 Å². The fourth-order valence-corrected chi connectivity index (χ4v) is 2.43. The van der Waals surface area contributed by atoms with Gasteiger partial charge in [0.25, 0.3) is 0 Å². The predicted octanol–water partition coefficient (Wildman–Crippen LogP) is 4.03. The summed E-state index contributed by atoms with van der Waals surface area (Å²) in [5.41, 5.74) is 0.0672. The van der Waals surface area contributed by atoms with Gasteiger partial charge in [-0.05, 0) is 5.92 Å². The van der Waals surface area contributed by atoms with Crippen molar-refractivity contribution in [2.75, 3.05) is 0 Å². The zero-order valence-corrected chi connectivity index (χ0v) is 12.1. The van der Waals surface area contributed by atoms with Gasteiger partial charge >= 0.3 is 5.69 Å². The maximum Gasteiger partial charge on any atom is 0.308 e. The summed E-state index contributed by atoms with van der Waals surface area (Å²) < 4.78 is 31.9. The van der Waals surface area contributed by atoms with Crippen molar-refractivity contribution >= 4 is 17.0 Å². The third kappa shape index (κ3) is 3.52. The molecular weight excluding hydrogens is 302 g/mol. The van der Waals surface area contributed by atoms with Gasteiger partial charge in [-0.2, -0.15) is 4.39 Å². The second-order valence-corrected chi connectivity index (χ2v) is 5.54. The zero-order valence-electron chi connectivity index (χ0n) is 11.3. The van der Waals surface area contributed by atoms with Crippen LogP contribution in [0.1, 0.15) is 30.5 Å². The Morgan fingerprint density at radius 1 is 1.38 bits per heavy atom. The van der Waals surface area contributed by atoms with Gasteiger partial charge in [0.1, 0.15) is 11.6 Å². The largest absolute Gasteiger partial charge is 0.483 e. The molecule has 112 valence electrons. The number of rotatable bonds is 5. The van der Waals surface area contributed by atoms with E-state index in [1.807, 2.05) is 19.2 Å². The van der Waals surface area contributed by atoms with Crippen LogP contribution in [0.5, 0.6) is 5.75 Å². The van der Waals surface area contributed by atoms with Crippen LogP contribution in [0.25, 0.3) is 0 Å². The summed E-state index contributed by atoms with van der Waals surface area (Å²) in [7, 11) is 0. The van der Waals surface area contributed by atoms with Gasteiger partial charge in [-0.25, -0.2) is 9.37 Å². The van der Waals surface area contributed by atoms with Crippen LogP contribution in [-0.2, 0) is 6.61 Å². The van der Waals surface area contributed by atoms with Crippen molar-refractivity contribution < 1.29 is 18.4 Å². The lowest BCUT2D eigenvalue weighted by Crippen LogP contribution is -2.01. The summed E-state index contributed by atoms with van der Waals surface area (Å²) >= 11 is 1.35. The third-order valence-electron chi connectivity index (χ3n) is 2.71. The number of nitro benzene ring substituents is 1. The number of benzene rings is 1. The highest BCUT2D eigenvalue weighted by atomic mass is 32.1. The monoisotopic (exact) mass is 314 g/mol. The summed E-state index contributed by atoms with van der Waals surface area (Å²) in [6.45, 7) is 3.95. The molecule has 0 aliphatic carbocycles. The second-order valence-electron chi connectivity index (χ2n) is 4.60. The van der Waals surface area contributed by atoms with Gasteiger partial charge in [-0.15, -0.1) is 11.3 Å². The summed E-state index contributed by atoms with van der Waals surface area (Å²) in [6, 6.07) is 1.18. The Morgan fingerprint density at radius 2 is 2.10 bits per heavy atom. The highest BCUT2D eigenvalue weighted by Crippen LogP contribution is 2.28.